The normalized spacial score (nSPS) is 11.4. The lowest BCUT2D eigenvalue weighted by Crippen LogP contribution is -2.12. The van der Waals surface area contributed by atoms with Crippen molar-refractivity contribution in [3.8, 4) is 17.6 Å². The van der Waals surface area contributed by atoms with Crippen molar-refractivity contribution in [1.29, 1.82) is 5.26 Å². The molecule has 0 heterocycles. The van der Waals surface area contributed by atoms with Crippen LogP contribution in [0.15, 0.2) is 18.2 Å². The number of hydrogen-bond donors (Lipinski definition) is 1. The number of hydrogen-bond acceptors (Lipinski definition) is 4. The largest absolute Gasteiger partial charge is 0.497 e. The molecule has 1 rings (SSSR count). The highest BCUT2D eigenvalue weighted by Crippen LogP contribution is 2.29. The van der Waals surface area contributed by atoms with Crippen molar-refractivity contribution in [3.05, 3.63) is 18.2 Å². The van der Waals surface area contributed by atoms with Gasteiger partial charge in [-0.1, -0.05) is 6.92 Å². The summed E-state index contributed by atoms with van der Waals surface area (Å²) in [6.45, 7) is 2.62. The summed E-state index contributed by atoms with van der Waals surface area (Å²) in [5, 5.41) is 12.1. The van der Waals surface area contributed by atoms with Gasteiger partial charge in [0.05, 0.1) is 31.9 Å². The molecule has 1 aromatic carbocycles. The highest BCUT2D eigenvalue weighted by Gasteiger charge is 2.08. The molecule has 4 heteroatoms. The summed E-state index contributed by atoms with van der Waals surface area (Å²) in [5.41, 5.74) is 0.877. The lowest BCUT2D eigenvalue weighted by Gasteiger charge is -2.14. The third kappa shape index (κ3) is 3.56. The van der Waals surface area contributed by atoms with Crippen LogP contribution in [0.4, 0.5) is 5.69 Å². The van der Waals surface area contributed by atoms with Gasteiger partial charge in [0.25, 0.3) is 0 Å². The Hall–Kier alpha value is -1.89. The molecular formula is C13H18N2O2. The fourth-order valence-electron chi connectivity index (χ4n) is 1.46. The molecule has 0 aliphatic rings. The number of methoxy groups -OCH3 is 2. The van der Waals surface area contributed by atoms with Crippen LogP contribution in [0, 0.1) is 17.2 Å². The minimum atomic E-state index is 0.0156. The fourth-order valence-corrected chi connectivity index (χ4v) is 1.46. The molecule has 0 radical (unpaired) electrons. The number of nitriles is 1. The summed E-state index contributed by atoms with van der Waals surface area (Å²) in [6.07, 6.45) is 0.835. The molecular weight excluding hydrogens is 216 g/mol. The zero-order valence-electron chi connectivity index (χ0n) is 10.5. The molecule has 1 aromatic rings. The van der Waals surface area contributed by atoms with Crippen LogP contribution in [0.3, 0.4) is 0 Å². The van der Waals surface area contributed by atoms with E-state index in [-0.39, 0.29) is 5.92 Å². The quantitative estimate of drug-likeness (QED) is 0.822. The maximum Gasteiger partial charge on any atom is 0.145 e. The number of rotatable bonds is 6. The van der Waals surface area contributed by atoms with E-state index in [4.69, 9.17) is 14.7 Å². The SMILES string of the molecule is CCC(C#N)CNc1ccc(OC)cc1OC. The smallest absolute Gasteiger partial charge is 0.145 e. The van der Waals surface area contributed by atoms with Gasteiger partial charge in [0.15, 0.2) is 0 Å². The Balaban J connectivity index is 2.74. The van der Waals surface area contributed by atoms with Gasteiger partial charge in [-0.25, -0.2) is 0 Å². The van der Waals surface area contributed by atoms with Crippen LogP contribution in [0.25, 0.3) is 0 Å². The van der Waals surface area contributed by atoms with E-state index in [1.165, 1.54) is 0 Å². The molecule has 4 nitrogen and oxygen atoms in total. The Morgan fingerprint density at radius 1 is 1.35 bits per heavy atom. The zero-order valence-corrected chi connectivity index (χ0v) is 10.5. The van der Waals surface area contributed by atoms with E-state index >= 15 is 0 Å². The molecule has 0 aromatic heterocycles. The standard InChI is InChI=1S/C13H18N2O2/c1-4-10(8-14)9-15-12-6-5-11(16-2)7-13(12)17-3/h5-7,10,15H,4,9H2,1-3H3. The predicted molar refractivity (Wildman–Crippen MR) is 67.4 cm³/mol. The number of ether oxygens (including phenoxy) is 2. The first kappa shape index (κ1) is 13.2. The van der Waals surface area contributed by atoms with E-state index < -0.39 is 0 Å². The van der Waals surface area contributed by atoms with Crippen LogP contribution in [0.5, 0.6) is 11.5 Å². The van der Waals surface area contributed by atoms with Crippen LogP contribution in [0.1, 0.15) is 13.3 Å². The van der Waals surface area contributed by atoms with E-state index in [9.17, 15) is 0 Å². The monoisotopic (exact) mass is 234 g/mol. The van der Waals surface area contributed by atoms with Gasteiger partial charge in [-0.05, 0) is 18.6 Å². The third-order valence-corrected chi connectivity index (χ3v) is 2.62. The number of nitrogens with one attached hydrogen (secondary N) is 1. The van der Waals surface area contributed by atoms with Crippen molar-refractivity contribution in [2.24, 2.45) is 5.92 Å². The van der Waals surface area contributed by atoms with Gasteiger partial charge >= 0.3 is 0 Å². The summed E-state index contributed by atoms with van der Waals surface area (Å²) in [5.74, 6) is 1.48. The third-order valence-electron chi connectivity index (χ3n) is 2.62. The van der Waals surface area contributed by atoms with E-state index in [2.05, 4.69) is 11.4 Å². The van der Waals surface area contributed by atoms with E-state index in [0.717, 1.165) is 23.6 Å². The lowest BCUT2D eigenvalue weighted by atomic mass is 10.1. The van der Waals surface area contributed by atoms with E-state index in [1.807, 2.05) is 25.1 Å². The second-order valence-corrected chi connectivity index (χ2v) is 3.68. The average Bonchev–Trinajstić information content (AvgIpc) is 2.39. The average molecular weight is 234 g/mol. The Bertz CT molecular complexity index is 399. The van der Waals surface area contributed by atoms with Gasteiger partial charge in [-0.3, -0.25) is 0 Å². The summed E-state index contributed by atoms with van der Waals surface area (Å²) in [6, 6.07) is 7.82. The van der Waals surface area contributed by atoms with Crippen LogP contribution >= 0.6 is 0 Å². The van der Waals surface area contributed by atoms with Gasteiger partial charge in [0.2, 0.25) is 0 Å². The second kappa shape index (κ2) is 6.64. The van der Waals surface area contributed by atoms with Crippen molar-refractivity contribution < 1.29 is 9.47 Å². The summed E-state index contributed by atoms with van der Waals surface area (Å²) >= 11 is 0. The minimum Gasteiger partial charge on any atom is -0.497 e. The molecule has 1 unspecified atom stereocenters. The van der Waals surface area contributed by atoms with Gasteiger partial charge in [0.1, 0.15) is 11.5 Å². The predicted octanol–water partition coefficient (Wildman–Crippen LogP) is 2.67. The van der Waals surface area contributed by atoms with Crippen LogP contribution in [0.2, 0.25) is 0 Å². The van der Waals surface area contributed by atoms with Crippen molar-refractivity contribution in [3.63, 3.8) is 0 Å². The van der Waals surface area contributed by atoms with E-state index in [1.54, 1.807) is 14.2 Å². The van der Waals surface area contributed by atoms with Crippen molar-refractivity contribution in [2.75, 3.05) is 26.1 Å². The molecule has 0 saturated heterocycles. The van der Waals surface area contributed by atoms with Gasteiger partial charge in [-0.15, -0.1) is 0 Å². The first-order valence-corrected chi connectivity index (χ1v) is 5.60. The Labute approximate surface area is 102 Å². The molecule has 0 amide bonds. The molecule has 0 spiro atoms. The fraction of sp³-hybridized carbons (Fsp3) is 0.462. The second-order valence-electron chi connectivity index (χ2n) is 3.68. The Kier molecular flexibility index (Phi) is 5.15. The van der Waals surface area contributed by atoms with Crippen LogP contribution in [-0.2, 0) is 0 Å². The summed E-state index contributed by atoms with van der Waals surface area (Å²) in [7, 11) is 3.23. The van der Waals surface area contributed by atoms with Crippen molar-refractivity contribution >= 4 is 5.69 Å². The highest BCUT2D eigenvalue weighted by atomic mass is 16.5. The highest BCUT2D eigenvalue weighted by molar-refractivity contribution is 5.59. The Morgan fingerprint density at radius 3 is 2.65 bits per heavy atom. The summed E-state index contributed by atoms with van der Waals surface area (Å²) in [4.78, 5) is 0. The molecule has 0 bridgehead atoms. The first-order chi connectivity index (χ1) is 8.24. The van der Waals surface area contributed by atoms with Gasteiger partial charge in [-0.2, -0.15) is 5.26 Å². The molecule has 1 atom stereocenters. The molecule has 0 saturated carbocycles. The summed E-state index contributed by atoms with van der Waals surface area (Å²) < 4.78 is 10.4. The Morgan fingerprint density at radius 2 is 2.12 bits per heavy atom. The molecule has 1 N–H and O–H groups in total. The van der Waals surface area contributed by atoms with E-state index in [0.29, 0.717) is 6.54 Å². The minimum absolute atomic E-state index is 0.0156. The van der Waals surface area contributed by atoms with Crippen LogP contribution in [-0.4, -0.2) is 20.8 Å². The van der Waals surface area contributed by atoms with Crippen LogP contribution < -0.4 is 14.8 Å². The molecule has 0 fully saturated rings. The number of benzene rings is 1. The number of nitrogens with zero attached hydrogens (tertiary/aromatic N) is 1. The zero-order chi connectivity index (χ0) is 12.7. The molecule has 17 heavy (non-hydrogen) atoms. The lowest BCUT2D eigenvalue weighted by molar-refractivity contribution is 0.395. The maximum absolute atomic E-state index is 8.87. The molecule has 0 aliphatic carbocycles. The molecule has 0 aliphatic heterocycles. The van der Waals surface area contributed by atoms with Crippen molar-refractivity contribution in [2.45, 2.75) is 13.3 Å². The number of anilines is 1. The maximum atomic E-state index is 8.87. The van der Waals surface area contributed by atoms with Gasteiger partial charge < -0.3 is 14.8 Å². The topological polar surface area (TPSA) is 54.3 Å². The van der Waals surface area contributed by atoms with Gasteiger partial charge in [0, 0.05) is 12.6 Å². The van der Waals surface area contributed by atoms with Crippen molar-refractivity contribution in [1.82, 2.24) is 0 Å². The first-order valence-electron chi connectivity index (χ1n) is 5.60. The molecule has 92 valence electrons.